The van der Waals surface area contributed by atoms with Gasteiger partial charge in [-0.3, -0.25) is 14.3 Å². The zero-order chi connectivity index (χ0) is 32.2. The van der Waals surface area contributed by atoms with E-state index < -0.39 is 72.1 Å². The van der Waals surface area contributed by atoms with Gasteiger partial charge in [-0.1, -0.05) is 17.7 Å². The molecule has 238 valence electrons. The molecular formula is C30H31ClF5N3O5. The van der Waals surface area contributed by atoms with E-state index in [9.17, 15) is 36.6 Å². The first-order valence-corrected chi connectivity index (χ1v) is 14.3. The third-order valence-corrected chi connectivity index (χ3v) is 7.83. The molecule has 1 fully saturated rings. The van der Waals surface area contributed by atoms with Gasteiger partial charge in [-0.15, -0.1) is 0 Å². The molecule has 14 heteroatoms. The predicted octanol–water partition coefficient (Wildman–Crippen LogP) is 6.51. The molecule has 1 N–H and O–H groups in total. The predicted molar refractivity (Wildman–Crippen MR) is 149 cm³/mol. The van der Waals surface area contributed by atoms with Crippen LogP contribution >= 0.6 is 11.6 Å². The molecule has 0 saturated heterocycles. The van der Waals surface area contributed by atoms with Crippen LogP contribution in [0.15, 0.2) is 42.6 Å². The van der Waals surface area contributed by atoms with Gasteiger partial charge in [0.15, 0.2) is 5.69 Å². The first-order chi connectivity index (χ1) is 20.8. The number of aliphatic hydroxyl groups is 1. The van der Waals surface area contributed by atoms with Gasteiger partial charge in [-0.2, -0.15) is 18.3 Å². The molecule has 8 nitrogen and oxygen atoms in total. The second kappa shape index (κ2) is 13.9. The average Bonchev–Trinajstić information content (AvgIpc) is 3.42. The number of esters is 1. The van der Waals surface area contributed by atoms with E-state index in [2.05, 4.69) is 5.10 Å². The Balaban J connectivity index is 1.70. The highest BCUT2D eigenvalue weighted by atomic mass is 35.5. The number of nitrogens with zero attached hydrogens (tertiary/aromatic N) is 3. The van der Waals surface area contributed by atoms with Crippen LogP contribution in [0.2, 0.25) is 5.02 Å². The van der Waals surface area contributed by atoms with Gasteiger partial charge in [0.1, 0.15) is 23.5 Å². The van der Waals surface area contributed by atoms with Crippen LogP contribution in [0.4, 0.5) is 22.0 Å². The Bertz CT molecular complexity index is 1470. The molecule has 2 aromatic carbocycles. The number of methoxy groups -OCH3 is 1. The molecule has 0 aliphatic heterocycles. The summed E-state index contributed by atoms with van der Waals surface area (Å²) in [6.07, 6.45) is -4.81. The Hall–Kier alpha value is -3.71. The normalized spacial score (nSPS) is 17.7. The van der Waals surface area contributed by atoms with E-state index in [0.717, 1.165) is 27.9 Å². The largest absolute Gasteiger partial charge is 0.496 e. The molecule has 0 spiro atoms. The number of alkyl halides is 3. The highest BCUT2D eigenvalue weighted by Gasteiger charge is 2.43. The molecule has 1 heterocycles. The van der Waals surface area contributed by atoms with Gasteiger partial charge in [-0.05, 0) is 62.4 Å². The van der Waals surface area contributed by atoms with Crippen LogP contribution in [-0.4, -0.2) is 51.9 Å². The zero-order valence-electron chi connectivity index (χ0n) is 23.9. The fourth-order valence-electron chi connectivity index (χ4n) is 5.53. The summed E-state index contributed by atoms with van der Waals surface area (Å²) in [4.78, 5) is 26.8. The molecule has 1 aliphatic carbocycles. The number of benzene rings is 2. The number of halogens is 6. The minimum Gasteiger partial charge on any atom is -0.496 e. The molecule has 44 heavy (non-hydrogen) atoms. The molecule has 0 bridgehead atoms. The van der Waals surface area contributed by atoms with Crippen molar-refractivity contribution < 1.29 is 46.1 Å². The Kier molecular flexibility index (Phi) is 10.5. The molecule has 1 amide bonds. The van der Waals surface area contributed by atoms with E-state index in [-0.39, 0.29) is 54.2 Å². The van der Waals surface area contributed by atoms with Gasteiger partial charge in [-0.25, -0.2) is 8.78 Å². The number of carbonyl (C=O) groups is 2. The van der Waals surface area contributed by atoms with E-state index in [1.165, 1.54) is 19.2 Å². The van der Waals surface area contributed by atoms with Crippen LogP contribution in [0.1, 0.15) is 71.9 Å². The Morgan fingerprint density at radius 3 is 2.39 bits per heavy atom. The van der Waals surface area contributed by atoms with Crippen LogP contribution < -0.4 is 4.74 Å². The number of rotatable bonds is 10. The third-order valence-electron chi connectivity index (χ3n) is 7.50. The SMILES string of the molecule is CCOC(=O)C1CCC(n2ncc(C(=O)N(Cc3cc(F)cc(F)c3)CC(O)c3c(Cl)cccc3OC)c2C(F)(F)F)CC1. The lowest BCUT2D eigenvalue weighted by Crippen LogP contribution is -2.36. The summed E-state index contributed by atoms with van der Waals surface area (Å²) < 4.78 is 82.7. The monoisotopic (exact) mass is 643 g/mol. The highest BCUT2D eigenvalue weighted by molar-refractivity contribution is 6.31. The molecule has 1 aromatic heterocycles. The van der Waals surface area contributed by atoms with Crippen LogP contribution in [0.3, 0.4) is 0 Å². The number of ether oxygens (including phenoxy) is 2. The summed E-state index contributed by atoms with van der Waals surface area (Å²) in [5.74, 6) is -3.78. The highest BCUT2D eigenvalue weighted by Crippen LogP contribution is 2.40. The number of aliphatic hydroxyl groups excluding tert-OH is 1. The third kappa shape index (κ3) is 7.49. The molecular weight excluding hydrogens is 613 g/mol. The first kappa shape index (κ1) is 33.2. The summed E-state index contributed by atoms with van der Waals surface area (Å²) >= 11 is 6.27. The number of hydrogen-bond acceptors (Lipinski definition) is 6. The van der Waals surface area contributed by atoms with Crippen molar-refractivity contribution in [2.24, 2.45) is 5.92 Å². The fourth-order valence-corrected chi connectivity index (χ4v) is 5.82. The van der Waals surface area contributed by atoms with E-state index in [1.54, 1.807) is 13.0 Å². The maximum absolute atomic E-state index is 14.5. The lowest BCUT2D eigenvalue weighted by molar-refractivity contribution is -0.151. The van der Waals surface area contributed by atoms with Crippen molar-refractivity contribution in [3.8, 4) is 5.75 Å². The molecule has 3 aromatic rings. The van der Waals surface area contributed by atoms with Crippen LogP contribution in [-0.2, 0) is 22.3 Å². The quantitative estimate of drug-likeness (QED) is 0.200. The number of aromatic nitrogens is 2. The van der Waals surface area contributed by atoms with Crippen molar-refractivity contribution in [1.82, 2.24) is 14.7 Å². The van der Waals surface area contributed by atoms with E-state index in [0.29, 0.717) is 6.07 Å². The summed E-state index contributed by atoms with van der Waals surface area (Å²) in [7, 11) is 1.32. The summed E-state index contributed by atoms with van der Waals surface area (Å²) in [5.41, 5.74) is -2.10. The number of hydrogen-bond donors (Lipinski definition) is 1. The smallest absolute Gasteiger partial charge is 0.433 e. The Labute approximate surface area is 255 Å². The van der Waals surface area contributed by atoms with Crippen LogP contribution in [0.5, 0.6) is 5.75 Å². The van der Waals surface area contributed by atoms with Crippen LogP contribution in [0.25, 0.3) is 0 Å². The van der Waals surface area contributed by atoms with Gasteiger partial charge in [0.25, 0.3) is 5.91 Å². The van der Waals surface area contributed by atoms with Gasteiger partial charge >= 0.3 is 12.1 Å². The van der Waals surface area contributed by atoms with E-state index >= 15 is 0 Å². The fraction of sp³-hybridized carbons (Fsp3) is 0.433. The minimum atomic E-state index is -5.01. The van der Waals surface area contributed by atoms with Crippen molar-refractivity contribution in [3.05, 3.63) is 81.6 Å². The lowest BCUT2D eigenvalue weighted by Gasteiger charge is -2.29. The maximum Gasteiger partial charge on any atom is 0.433 e. The topological polar surface area (TPSA) is 93.9 Å². The van der Waals surface area contributed by atoms with Crippen molar-refractivity contribution in [3.63, 3.8) is 0 Å². The van der Waals surface area contributed by atoms with E-state index in [4.69, 9.17) is 21.1 Å². The van der Waals surface area contributed by atoms with Crippen LogP contribution in [0, 0.1) is 17.6 Å². The van der Waals surface area contributed by atoms with E-state index in [1.807, 2.05) is 0 Å². The number of carbonyl (C=O) groups excluding carboxylic acids is 2. The Morgan fingerprint density at radius 2 is 1.80 bits per heavy atom. The second-order valence-electron chi connectivity index (χ2n) is 10.4. The number of amides is 1. The average molecular weight is 644 g/mol. The standard InChI is InChI=1S/C30H31ClF5N3O5/c1-3-44-29(42)18-7-9-21(10-8-18)39-27(30(34,35)36)22(14-37-39)28(41)38(15-17-11-19(32)13-20(33)12-17)16-24(40)26-23(31)5-4-6-25(26)43-2/h4-6,11-14,18,21,24,40H,3,7-10,15-16H2,1-2H3. The van der Waals surface area contributed by atoms with Crippen molar-refractivity contribution in [2.45, 2.75) is 57.5 Å². The summed E-state index contributed by atoms with van der Waals surface area (Å²) in [6.45, 7) is 0.701. The van der Waals surface area contributed by atoms with Gasteiger partial charge in [0.2, 0.25) is 0 Å². The lowest BCUT2D eigenvalue weighted by atomic mass is 9.86. The molecule has 1 unspecified atom stereocenters. The second-order valence-corrected chi connectivity index (χ2v) is 10.8. The summed E-state index contributed by atoms with van der Waals surface area (Å²) in [5, 5.41) is 15.1. The van der Waals surface area contributed by atoms with Crippen molar-refractivity contribution in [2.75, 3.05) is 20.3 Å². The molecule has 4 rings (SSSR count). The summed E-state index contributed by atoms with van der Waals surface area (Å²) in [6, 6.07) is 6.24. The van der Waals surface area contributed by atoms with Crippen molar-refractivity contribution >= 4 is 23.5 Å². The minimum absolute atomic E-state index is 0.0626. The van der Waals surface area contributed by atoms with Crippen molar-refractivity contribution in [1.29, 1.82) is 0 Å². The molecule has 1 saturated carbocycles. The van der Waals surface area contributed by atoms with Gasteiger partial charge < -0.3 is 19.5 Å². The first-order valence-electron chi connectivity index (χ1n) is 13.9. The zero-order valence-corrected chi connectivity index (χ0v) is 24.7. The maximum atomic E-state index is 14.5. The molecule has 1 aliphatic rings. The van der Waals surface area contributed by atoms with Gasteiger partial charge in [0, 0.05) is 18.2 Å². The molecule has 0 radical (unpaired) electrons. The Morgan fingerprint density at radius 1 is 1.14 bits per heavy atom. The molecule has 1 atom stereocenters. The van der Waals surface area contributed by atoms with Gasteiger partial charge in [0.05, 0.1) is 49.0 Å².